The van der Waals surface area contributed by atoms with Gasteiger partial charge in [-0.1, -0.05) is 17.7 Å². The number of hydrogen-bond donors (Lipinski definition) is 2. The van der Waals surface area contributed by atoms with E-state index in [0.717, 1.165) is 42.6 Å². The van der Waals surface area contributed by atoms with Crippen LogP contribution in [0.1, 0.15) is 21.0 Å². The van der Waals surface area contributed by atoms with Crippen molar-refractivity contribution in [2.75, 3.05) is 27.2 Å². The second-order valence-electron chi connectivity index (χ2n) is 5.61. The molecule has 0 unspecified atom stereocenters. The summed E-state index contributed by atoms with van der Waals surface area (Å²) in [5, 5.41) is 7.83. The van der Waals surface area contributed by atoms with Gasteiger partial charge < -0.3 is 15.4 Å². The normalized spacial score (nSPS) is 11.0. The van der Waals surface area contributed by atoms with Crippen molar-refractivity contribution < 1.29 is 4.74 Å². The molecule has 0 amide bonds. The average molecular weight is 474 g/mol. The van der Waals surface area contributed by atoms with Gasteiger partial charge in [0.2, 0.25) is 0 Å². The molecule has 2 rings (SSSR count). The Balaban J connectivity index is 0.00000312. The first-order valence-corrected chi connectivity index (χ1v) is 8.93. The first-order chi connectivity index (χ1) is 11.6. The van der Waals surface area contributed by atoms with E-state index < -0.39 is 0 Å². The van der Waals surface area contributed by atoms with Crippen LogP contribution in [-0.4, -0.2) is 38.2 Å². The molecule has 0 aliphatic carbocycles. The number of aromatic nitrogens is 1. The quantitative estimate of drug-likeness (QED) is 0.367. The number of aryl methyl sites for hydroxylation is 2. The van der Waals surface area contributed by atoms with Gasteiger partial charge in [-0.2, -0.15) is 0 Å². The fourth-order valence-corrected chi connectivity index (χ4v) is 3.23. The van der Waals surface area contributed by atoms with Gasteiger partial charge in [0.25, 0.3) is 0 Å². The van der Waals surface area contributed by atoms with Crippen LogP contribution in [0.3, 0.4) is 0 Å². The maximum absolute atomic E-state index is 5.42. The standard InChI is InChI=1S/C18H26N4OS.HI/c1-13-5-6-16(23-4)15(11-13)7-9-20-18(19-3)21-10-8-17-22-12-14(2)24-17;/h5-6,11-12H,7-10H2,1-4H3,(H2,19,20,21);1H. The second kappa shape index (κ2) is 11.3. The maximum atomic E-state index is 5.42. The Morgan fingerprint density at radius 3 is 2.52 bits per heavy atom. The van der Waals surface area contributed by atoms with E-state index in [1.807, 2.05) is 12.3 Å². The first kappa shape index (κ1) is 21.7. The monoisotopic (exact) mass is 474 g/mol. The highest BCUT2D eigenvalue weighted by atomic mass is 127. The van der Waals surface area contributed by atoms with Gasteiger partial charge in [-0.25, -0.2) is 4.98 Å². The van der Waals surface area contributed by atoms with E-state index in [-0.39, 0.29) is 24.0 Å². The Morgan fingerprint density at radius 1 is 1.20 bits per heavy atom. The molecule has 1 aromatic carbocycles. The zero-order valence-electron chi connectivity index (χ0n) is 15.3. The smallest absolute Gasteiger partial charge is 0.191 e. The molecule has 0 bridgehead atoms. The topological polar surface area (TPSA) is 58.5 Å². The Kier molecular flexibility index (Phi) is 9.81. The minimum atomic E-state index is 0. The van der Waals surface area contributed by atoms with Crippen LogP contribution in [0.5, 0.6) is 5.75 Å². The number of thiazole rings is 1. The van der Waals surface area contributed by atoms with Gasteiger partial charge in [-0.3, -0.25) is 4.99 Å². The Bertz CT molecular complexity index is 687. The van der Waals surface area contributed by atoms with Crippen molar-refractivity contribution in [1.82, 2.24) is 15.6 Å². The third kappa shape index (κ3) is 7.19. The number of nitrogens with zero attached hydrogens (tertiary/aromatic N) is 2. The van der Waals surface area contributed by atoms with Crippen LogP contribution in [0.4, 0.5) is 0 Å². The summed E-state index contributed by atoms with van der Waals surface area (Å²) in [5.41, 5.74) is 2.45. The summed E-state index contributed by atoms with van der Waals surface area (Å²) in [7, 11) is 3.50. The van der Waals surface area contributed by atoms with Crippen LogP contribution >= 0.6 is 35.3 Å². The van der Waals surface area contributed by atoms with Gasteiger partial charge in [0.05, 0.1) is 12.1 Å². The van der Waals surface area contributed by atoms with Gasteiger partial charge in [-0.05, 0) is 31.9 Å². The minimum absolute atomic E-state index is 0. The van der Waals surface area contributed by atoms with Crippen molar-refractivity contribution in [1.29, 1.82) is 0 Å². The molecule has 0 fully saturated rings. The van der Waals surface area contributed by atoms with E-state index in [9.17, 15) is 0 Å². The number of aliphatic imine (C=N–C) groups is 1. The summed E-state index contributed by atoms with van der Waals surface area (Å²) in [6.07, 6.45) is 3.71. The minimum Gasteiger partial charge on any atom is -0.496 e. The van der Waals surface area contributed by atoms with Crippen LogP contribution < -0.4 is 15.4 Å². The third-order valence-corrected chi connectivity index (χ3v) is 4.62. The van der Waals surface area contributed by atoms with E-state index in [1.165, 1.54) is 16.0 Å². The van der Waals surface area contributed by atoms with Crippen molar-refractivity contribution in [3.05, 3.63) is 45.4 Å². The largest absolute Gasteiger partial charge is 0.496 e. The molecule has 1 heterocycles. The highest BCUT2D eigenvalue weighted by Crippen LogP contribution is 2.19. The maximum Gasteiger partial charge on any atom is 0.191 e. The van der Waals surface area contributed by atoms with E-state index >= 15 is 0 Å². The van der Waals surface area contributed by atoms with Gasteiger partial charge in [0, 0.05) is 37.6 Å². The van der Waals surface area contributed by atoms with Crippen molar-refractivity contribution in [3.63, 3.8) is 0 Å². The molecule has 0 radical (unpaired) electrons. The number of methoxy groups -OCH3 is 1. The third-order valence-electron chi connectivity index (χ3n) is 3.65. The molecule has 0 aliphatic rings. The molecule has 1 aromatic heterocycles. The summed E-state index contributed by atoms with van der Waals surface area (Å²) >= 11 is 1.74. The predicted molar refractivity (Wildman–Crippen MR) is 117 cm³/mol. The number of ether oxygens (including phenoxy) is 1. The molecular formula is C18H27IN4OS. The molecule has 0 aliphatic heterocycles. The molecule has 138 valence electrons. The molecular weight excluding hydrogens is 447 g/mol. The summed E-state index contributed by atoms with van der Waals surface area (Å²) in [6.45, 7) is 5.79. The molecule has 2 N–H and O–H groups in total. The van der Waals surface area contributed by atoms with Crippen LogP contribution in [-0.2, 0) is 12.8 Å². The van der Waals surface area contributed by atoms with Crippen molar-refractivity contribution in [3.8, 4) is 5.75 Å². The Morgan fingerprint density at radius 2 is 1.92 bits per heavy atom. The molecule has 0 spiro atoms. The summed E-state index contributed by atoms with van der Waals surface area (Å²) in [6, 6.07) is 6.26. The summed E-state index contributed by atoms with van der Waals surface area (Å²) in [4.78, 5) is 9.88. The van der Waals surface area contributed by atoms with Gasteiger partial charge >= 0.3 is 0 Å². The zero-order chi connectivity index (χ0) is 17.4. The average Bonchev–Trinajstić information content (AvgIpc) is 2.99. The van der Waals surface area contributed by atoms with Crippen LogP contribution in [0, 0.1) is 13.8 Å². The predicted octanol–water partition coefficient (Wildman–Crippen LogP) is 3.34. The molecule has 5 nitrogen and oxygen atoms in total. The van der Waals surface area contributed by atoms with Gasteiger partial charge in [0.15, 0.2) is 5.96 Å². The van der Waals surface area contributed by atoms with E-state index in [2.05, 4.69) is 46.6 Å². The number of rotatable bonds is 7. The van der Waals surface area contributed by atoms with Gasteiger partial charge in [0.1, 0.15) is 5.75 Å². The first-order valence-electron chi connectivity index (χ1n) is 8.11. The van der Waals surface area contributed by atoms with Crippen molar-refractivity contribution in [2.24, 2.45) is 4.99 Å². The fourth-order valence-electron chi connectivity index (χ4n) is 2.44. The lowest BCUT2D eigenvalue weighted by Gasteiger charge is -2.13. The number of guanidine groups is 1. The van der Waals surface area contributed by atoms with Crippen LogP contribution in [0.2, 0.25) is 0 Å². The molecule has 0 saturated carbocycles. The Hall–Kier alpha value is -1.35. The van der Waals surface area contributed by atoms with Crippen molar-refractivity contribution >= 4 is 41.3 Å². The number of halogens is 1. The molecule has 25 heavy (non-hydrogen) atoms. The summed E-state index contributed by atoms with van der Waals surface area (Å²) in [5.74, 6) is 1.75. The fraction of sp³-hybridized carbons (Fsp3) is 0.444. The lowest BCUT2D eigenvalue weighted by Crippen LogP contribution is -2.39. The van der Waals surface area contributed by atoms with E-state index in [1.54, 1.807) is 25.5 Å². The van der Waals surface area contributed by atoms with Crippen molar-refractivity contribution in [2.45, 2.75) is 26.7 Å². The number of benzene rings is 1. The number of nitrogens with one attached hydrogen (secondary N) is 2. The molecule has 0 saturated heterocycles. The van der Waals surface area contributed by atoms with E-state index in [4.69, 9.17) is 4.74 Å². The van der Waals surface area contributed by atoms with E-state index in [0.29, 0.717) is 0 Å². The highest BCUT2D eigenvalue weighted by molar-refractivity contribution is 14.0. The number of hydrogen-bond acceptors (Lipinski definition) is 4. The van der Waals surface area contributed by atoms with Gasteiger partial charge in [-0.15, -0.1) is 35.3 Å². The molecule has 0 atom stereocenters. The lowest BCUT2D eigenvalue weighted by molar-refractivity contribution is 0.409. The zero-order valence-corrected chi connectivity index (χ0v) is 18.4. The second-order valence-corrected chi connectivity index (χ2v) is 6.93. The summed E-state index contributed by atoms with van der Waals surface area (Å²) < 4.78 is 5.42. The van der Waals surface area contributed by atoms with Crippen LogP contribution in [0.25, 0.3) is 0 Å². The lowest BCUT2D eigenvalue weighted by atomic mass is 10.1. The van der Waals surface area contributed by atoms with Crippen LogP contribution in [0.15, 0.2) is 29.4 Å². The SMILES string of the molecule is CN=C(NCCc1ncc(C)s1)NCCc1cc(C)ccc1OC.I. The molecule has 7 heteroatoms. The molecule has 2 aromatic rings. The Labute approximate surface area is 171 Å². The highest BCUT2D eigenvalue weighted by Gasteiger charge is 2.04.